The second-order valence-electron chi connectivity index (χ2n) is 7.23. The lowest BCUT2D eigenvalue weighted by molar-refractivity contribution is -0.387. The number of sulfonamides is 1. The zero-order valence-electron chi connectivity index (χ0n) is 17.0. The highest BCUT2D eigenvalue weighted by Gasteiger charge is 2.28. The number of nitrogens with zero attached hydrogens (tertiary/aromatic N) is 3. The van der Waals surface area contributed by atoms with Crippen LogP contribution in [0.25, 0.3) is 0 Å². The van der Waals surface area contributed by atoms with Gasteiger partial charge in [-0.15, -0.1) is 0 Å². The van der Waals surface area contributed by atoms with E-state index in [4.69, 9.17) is 4.74 Å². The summed E-state index contributed by atoms with van der Waals surface area (Å²) in [7, 11) is -0.150. The summed E-state index contributed by atoms with van der Waals surface area (Å²) >= 11 is 0. The van der Waals surface area contributed by atoms with Crippen molar-refractivity contribution in [2.45, 2.75) is 10.9 Å². The van der Waals surface area contributed by atoms with Gasteiger partial charge in [-0.25, -0.2) is 13.1 Å². The molecule has 9 nitrogen and oxygen atoms in total. The fourth-order valence-corrected chi connectivity index (χ4v) is 4.65. The van der Waals surface area contributed by atoms with E-state index >= 15 is 0 Å². The predicted octanol–water partition coefficient (Wildman–Crippen LogP) is 2.01. The van der Waals surface area contributed by atoms with Gasteiger partial charge < -0.3 is 9.64 Å². The van der Waals surface area contributed by atoms with E-state index in [0.717, 1.165) is 11.3 Å². The molecule has 0 spiro atoms. The van der Waals surface area contributed by atoms with E-state index in [9.17, 15) is 18.5 Å². The average molecular weight is 435 g/mol. The van der Waals surface area contributed by atoms with Gasteiger partial charge in [-0.3, -0.25) is 15.0 Å². The molecule has 0 aliphatic carbocycles. The minimum atomic E-state index is -4.06. The molecule has 1 fully saturated rings. The van der Waals surface area contributed by atoms with Crippen LogP contribution in [0.4, 0.5) is 11.4 Å². The quantitative estimate of drug-likeness (QED) is 0.500. The number of nitrogens with one attached hydrogen (secondary N) is 1. The molecule has 2 aromatic rings. The molecule has 0 aromatic heterocycles. The van der Waals surface area contributed by atoms with Gasteiger partial charge in [0.05, 0.1) is 18.1 Å². The third-order valence-corrected chi connectivity index (χ3v) is 6.57. The first-order chi connectivity index (χ1) is 14.3. The SMILES string of the molecule is CN(C)c1ccc(C(CNS(=O)(=O)c2ccccc2[N+](=O)[O-])N2CCOCC2)cc1. The van der Waals surface area contributed by atoms with Crippen molar-refractivity contribution in [3.8, 4) is 0 Å². The Bertz CT molecular complexity index is 973. The third kappa shape index (κ3) is 5.14. The molecule has 1 heterocycles. The molecule has 162 valence electrons. The van der Waals surface area contributed by atoms with Gasteiger partial charge in [0.15, 0.2) is 4.90 Å². The number of nitro benzene ring substituents is 1. The largest absolute Gasteiger partial charge is 0.379 e. The normalized spacial score (nSPS) is 16.2. The van der Waals surface area contributed by atoms with E-state index in [1.54, 1.807) is 0 Å². The predicted molar refractivity (Wildman–Crippen MR) is 114 cm³/mol. The number of anilines is 1. The van der Waals surface area contributed by atoms with E-state index in [-0.39, 0.29) is 17.5 Å². The van der Waals surface area contributed by atoms with Crippen LogP contribution in [0.1, 0.15) is 11.6 Å². The van der Waals surface area contributed by atoms with Crippen molar-refractivity contribution >= 4 is 21.4 Å². The Hall–Kier alpha value is -2.53. The molecule has 1 atom stereocenters. The van der Waals surface area contributed by atoms with Crippen LogP contribution >= 0.6 is 0 Å². The number of morpholine rings is 1. The van der Waals surface area contributed by atoms with E-state index in [2.05, 4.69) is 9.62 Å². The molecule has 1 aliphatic heterocycles. The fraction of sp³-hybridized carbons (Fsp3) is 0.400. The molecule has 1 aliphatic rings. The minimum Gasteiger partial charge on any atom is -0.379 e. The lowest BCUT2D eigenvalue weighted by atomic mass is 10.0. The highest BCUT2D eigenvalue weighted by atomic mass is 32.2. The number of nitro groups is 1. The first-order valence-corrected chi connectivity index (χ1v) is 11.1. The van der Waals surface area contributed by atoms with Crippen molar-refractivity contribution < 1.29 is 18.1 Å². The topological polar surface area (TPSA) is 105 Å². The van der Waals surface area contributed by atoms with Crippen LogP contribution in [-0.2, 0) is 14.8 Å². The number of rotatable bonds is 8. The van der Waals surface area contributed by atoms with Crippen LogP contribution in [0.15, 0.2) is 53.4 Å². The summed E-state index contributed by atoms with van der Waals surface area (Å²) in [6.45, 7) is 2.59. The Morgan fingerprint density at radius 2 is 1.77 bits per heavy atom. The average Bonchev–Trinajstić information content (AvgIpc) is 2.75. The lowest BCUT2D eigenvalue weighted by Gasteiger charge is -2.35. The Kier molecular flexibility index (Phi) is 7.03. The Balaban J connectivity index is 1.85. The van der Waals surface area contributed by atoms with Crippen molar-refractivity contribution in [1.82, 2.24) is 9.62 Å². The monoisotopic (exact) mass is 434 g/mol. The molecule has 10 heteroatoms. The number of para-hydroxylation sites is 1. The highest BCUT2D eigenvalue weighted by molar-refractivity contribution is 7.89. The Labute approximate surface area is 176 Å². The molecule has 1 N–H and O–H groups in total. The van der Waals surface area contributed by atoms with Crippen LogP contribution < -0.4 is 9.62 Å². The van der Waals surface area contributed by atoms with Gasteiger partial charge in [-0.2, -0.15) is 0 Å². The summed E-state index contributed by atoms with van der Waals surface area (Å²) < 4.78 is 33.7. The van der Waals surface area contributed by atoms with E-state index in [1.807, 2.05) is 43.3 Å². The lowest BCUT2D eigenvalue weighted by Crippen LogP contribution is -2.43. The van der Waals surface area contributed by atoms with Crippen molar-refractivity contribution in [2.75, 3.05) is 51.8 Å². The molecule has 1 unspecified atom stereocenters. The first-order valence-electron chi connectivity index (χ1n) is 9.62. The second kappa shape index (κ2) is 9.52. The van der Waals surface area contributed by atoms with Crippen LogP contribution in [0.5, 0.6) is 0 Å². The molecule has 0 radical (unpaired) electrons. The van der Waals surface area contributed by atoms with Crippen molar-refractivity contribution in [2.24, 2.45) is 0 Å². The summed E-state index contributed by atoms with van der Waals surface area (Å²) in [4.78, 5) is 14.4. The van der Waals surface area contributed by atoms with Crippen molar-refractivity contribution in [3.63, 3.8) is 0 Å². The summed E-state index contributed by atoms with van der Waals surface area (Å²) in [6.07, 6.45) is 0. The summed E-state index contributed by atoms with van der Waals surface area (Å²) in [5.74, 6) is 0. The van der Waals surface area contributed by atoms with Gasteiger partial charge in [-0.05, 0) is 23.8 Å². The first kappa shape index (κ1) is 22.2. The maximum absolute atomic E-state index is 12.9. The zero-order valence-corrected chi connectivity index (χ0v) is 17.8. The van der Waals surface area contributed by atoms with Crippen LogP contribution in [0, 0.1) is 10.1 Å². The minimum absolute atomic E-state index is 0.0929. The smallest absolute Gasteiger partial charge is 0.289 e. The number of hydrogen-bond donors (Lipinski definition) is 1. The molecular formula is C20H26N4O5S. The van der Waals surface area contributed by atoms with Crippen molar-refractivity contribution in [3.05, 3.63) is 64.2 Å². The van der Waals surface area contributed by atoms with Gasteiger partial charge in [0.25, 0.3) is 5.69 Å². The van der Waals surface area contributed by atoms with Gasteiger partial charge >= 0.3 is 0 Å². The summed E-state index contributed by atoms with van der Waals surface area (Å²) in [5, 5.41) is 11.2. The number of benzene rings is 2. The second-order valence-corrected chi connectivity index (χ2v) is 8.96. The van der Waals surface area contributed by atoms with Crippen LogP contribution in [-0.4, -0.2) is 65.2 Å². The molecule has 0 bridgehead atoms. The van der Waals surface area contributed by atoms with Crippen LogP contribution in [0.2, 0.25) is 0 Å². The standard InChI is InChI=1S/C20H26N4O5S/c1-22(2)17-9-7-16(8-10-17)19(23-11-13-29-14-12-23)15-21-30(27,28)20-6-4-3-5-18(20)24(25)26/h3-10,19,21H,11-15H2,1-2H3. The molecule has 1 saturated heterocycles. The Morgan fingerprint density at radius 1 is 1.13 bits per heavy atom. The van der Waals surface area contributed by atoms with E-state index in [1.165, 1.54) is 24.3 Å². The molecular weight excluding hydrogens is 408 g/mol. The maximum atomic E-state index is 12.9. The van der Waals surface area contributed by atoms with Gasteiger partial charge in [-0.1, -0.05) is 24.3 Å². The molecule has 0 amide bonds. The van der Waals surface area contributed by atoms with Crippen LogP contribution in [0.3, 0.4) is 0 Å². The molecule has 30 heavy (non-hydrogen) atoms. The molecule has 3 rings (SSSR count). The zero-order chi connectivity index (χ0) is 21.7. The molecule has 0 saturated carbocycles. The Morgan fingerprint density at radius 3 is 2.37 bits per heavy atom. The van der Waals surface area contributed by atoms with E-state index in [0.29, 0.717) is 26.3 Å². The van der Waals surface area contributed by atoms with Crippen molar-refractivity contribution in [1.29, 1.82) is 0 Å². The van der Waals surface area contributed by atoms with Gasteiger partial charge in [0.1, 0.15) is 0 Å². The number of ether oxygens (including phenoxy) is 1. The number of hydrogen-bond acceptors (Lipinski definition) is 7. The van der Waals surface area contributed by atoms with E-state index < -0.39 is 20.6 Å². The summed E-state index contributed by atoms with van der Waals surface area (Å²) in [6, 6.07) is 13.1. The summed E-state index contributed by atoms with van der Waals surface area (Å²) in [5.41, 5.74) is 1.57. The van der Waals surface area contributed by atoms with Gasteiger partial charge in [0.2, 0.25) is 10.0 Å². The fourth-order valence-electron chi connectivity index (χ4n) is 3.44. The maximum Gasteiger partial charge on any atom is 0.289 e. The third-order valence-electron chi connectivity index (χ3n) is 5.10. The highest BCUT2D eigenvalue weighted by Crippen LogP contribution is 2.26. The van der Waals surface area contributed by atoms with Gasteiger partial charge in [0, 0.05) is 51.5 Å². The molecule has 2 aromatic carbocycles.